The molecule has 8 nitrogen and oxygen atoms in total. The van der Waals surface area contributed by atoms with Gasteiger partial charge in [-0.2, -0.15) is 4.98 Å². The molecule has 3 aliphatic rings. The van der Waals surface area contributed by atoms with Crippen LogP contribution in [0.25, 0.3) is 11.0 Å². The summed E-state index contributed by atoms with van der Waals surface area (Å²) in [7, 11) is 0. The van der Waals surface area contributed by atoms with E-state index in [4.69, 9.17) is 9.72 Å². The van der Waals surface area contributed by atoms with E-state index in [1.165, 1.54) is 51.6 Å². The molecule has 3 aromatic rings. The molecule has 1 aromatic carbocycles. The molecule has 2 saturated carbocycles. The first-order valence-electron chi connectivity index (χ1n) is 15.1. The van der Waals surface area contributed by atoms with Crippen molar-refractivity contribution in [1.29, 1.82) is 0 Å². The SMILES string of the molecule is Cc1cc(SNCCOC2CCC3(CCNCC3)CC2)ccc1Nc1ncc2ccc(=O)n(C3CCCC3)c2n1. The average molecular weight is 563 g/mol. The van der Waals surface area contributed by atoms with Gasteiger partial charge in [-0.3, -0.25) is 14.1 Å². The Labute approximate surface area is 241 Å². The Morgan fingerprint density at radius 2 is 1.88 bits per heavy atom. The van der Waals surface area contributed by atoms with E-state index in [-0.39, 0.29) is 11.6 Å². The highest BCUT2D eigenvalue weighted by Crippen LogP contribution is 2.43. The van der Waals surface area contributed by atoms with Gasteiger partial charge in [0.1, 0.15) is 5.65 Å². The third-order valence-electron chi connectivity index (χ3n) is 9.21. The second-order valence-electron chi connectivity index (χ2n) is 11.9. The molecule has 0 bridgehead atoms. The number of fused-ring (bicyclic) bond motifs is 1. The van der Waals surface area contributed by atoms with Crippen molar-refractivity contribution in [1.82, 2.24) is 24.6 Å². The van der Waals surface area contributed by atoms with Crippen molar-refractivity contribution in [3.8, 4) is 0 Å². The predicted molar refractivity (Wildman–Crippen MR) is 162 cm³/mol. The van der Waals surface area contributed by atoms with Gasteiger partial charge in [0.05, 0.1) is 12.7 Å². The second kappa shape index (κ2) is 12.6. The van der Waals surface area contributed by atoms with Crippen LogP contribution in [-0.4, -0.2) is 46.9 Å². The first-order chi connectivity index (χ1) is 19.6. The predicted octanol–water partition coefficient (Wildman–Crippen LogP) is 5.88. The first kappa shape index (κ1) is 27.7. The number of nitrogens with one attached hydrogen (secondary N) is 3. The van der Waals surface area contributed by atoms with E-state index >= 15 is 0 Å². The van der Waals surface area contributed by atoms with Crippen molar-refractivity contribution >= 4 is 34.6 Å². The molecule has 9 heteroatoms. The van der Waals surface area contributed by atoms with Crippen molar-refractivity contribution in [2.75, 3.05) is 31.6 Å². The number of aromatic nitrogens is 3. The second-order valence-corrected chi connectivity index (χ2v) is 12.8. The lowest BCUT2D eigenvalue weighted by atomic mass is 9.68. The van der Waals surface area contributed by atoms with E-state index in [1.54, 1.807) is 24.2 Å². The highest BCUT2D eigenvalue weighted by Gasteiger charge is 2.36. The van der Waals surface area contributed by atoms with Gasteiger partial charge in [0.15, 0.2) is 0 Å². The maximum absolute atomic E-state index is 12.7. The molecule has 3 N–H and O–H groups in total. The number of pyridine rings is 1. The zero-order chi connectivity index (χ0) is 27.4. The molecule has 214 valence electrons. The van der Waals surface area contributed by atoms with Crippen LogP contribution in [0, 0.1) is 12.3 Å². The minimum Gasteiger partial charge on any atom is -0.377 e. The molecule has 0 unspecified atom stereocenters. The Morgan fingerprint density at radius 1 is 1.07 bits per heavy atom. The lowest BCUT2D eigenvalue weighted by molar-refractivity contribution is -0.00934. The van der Waals surface area contributed by atoms with E-state index in [2.05, 4.69) is 45.5 Å². The first-order valence-corrected chi connectivity index (χ1v) is 15.9. The quantitative estimate of drug-likeness (QED) is 0.220. The zero-order valence-corrected chi connectivity index (χ0v) is 24.4. The molecule has 3 fully saturated rings. The summed E-state index contributed by atoms with van der Waals surface area (Å²) in [6.07, 6.45) is 14.4. The van der Waals surface area contributed by atoms with E-state index in [9.17, 15) is 4.79 Å². The van der Waals surface area contributed by atoms with Crippen LogP contribution in [0.15, 0.2) is 46.2 Å². The minimum atomic E-state index is 0.0175. The van der Waals surface area contributed by atoms with Crippen LogP contribution < -0.4 is 20.9 Å². The number of piperidine rings is 1. The van der Waals surface area contributed by atoms with Crippen LogP contribution in [0.5, 0.6) is 0 Å². The average Bonchev–Trinajstić information content (AvgIpc) is 3.50. The van der Waals surface area contributed by atoms with Crippen LogP contribution in [0.4, 0.5) is 11.6 Å². The number of aryl methyl sites for hydroxylation is 1. The summed E-state index contributed by atoms with van der Waals surface area (Å²) in [5.74, 6) is 0.511. The molecular weight excluding hydrogens is 520 g/mol. The third kappa shape index (κ3) is 6.38. The van der Waals surface area contributed by atoms with Crippen LogP contribution in [-0.2, 0) is 4.74 Å². The van der Waals surface area contributed by atoms with Crippen LogP contribution in [0.2, 0.25) is 0 Å². The van der Waals surface area contributed by atoms with Crippen molar-refractivity contribution in [3.63, 3.8) is 0 Å². The standard InChI is InChI=1S/C31H42N6O2S/c1-22-20-26(40-34-18-19-39-25-10-12-31(13-11-25)14-16-32-17-15-31)7-8-27(22)35-30-33-21-23-6-9-28(38)37(29(23)36-30)24-4-2-3-5-24/h6-9,20-21,24-25,32,34H,2-5,10-19H2,1H3,(H,33,35,36). The lowest BCUT2D eigenvalue weighted by Gasteiger charge is -2.43. The van der Waals surface area contributed by atoms with Gasteiger partial charge >= 0.3 is 0 Å². The fourth-order valence-corrected chi connectivity index (χ4v) is 7.53. The van der Waals surface area contributed by atoms with Gasteiger partial charge in [0, 0.05) is 40.8 Å². The van der Waals surface area contributed by atoms with Gasteiger partial charge in [-0.1, -0.05) is 12.8 Å². The normalized spacial score (nSPS) is 19.9. The third-order valence-corrected chi connectivity index (χ3v) is 10.0. The number of ether oxygens (including phenoxy) is 1. The molecule has 2 aliphatic carbocycles. The number of anilines is 2. The number of hydrogen-bond donors (Lipinski definition) is 3. The number of hydrogen-bond acceptors (Lipinski definition) is 8. The highest BCUT2D eigenvalue weighted by molar-refractivity contribution is 7.97. The Kier molecular flexibility index (Phi) is 8.72. The zero-order valence-electron chi connectivity index (χ0n) is 23.6. The molecule has 6 rings (SSSR count). The maximum Gasteiger partial charge on any atom is 0.252 e. The van der Waals surface area contributed by atoms with Gasteiger partial charge in [0.2, 0.25) is 5.95 Å². The number of nitrogens with zero attached hydrogens (tertiary/aromatic N) is 3. The van der Waals surface area contributed by atoms with Crippen LogP contribution >= 0.6 is 11.9 Å². The van der Waals surface area contributed by atoms with Crippen LogP contribution in [0.3, 0.4) is 0 Å². The Bertz CT molecular complexity index is 1360. The Balaban J connectivity index is 0.995. The van der Waals surface area contributed by atoms with E-state index in [0.717, 1.165) is 60.4 Å². The number of benzene rings is 1. The Morgan fingerprint density at radius 3 is 2.65 bits per heavy atom. The summed E-state index contributed by atoms with van der Waals surface area (Å²) >= 11 is 1.64. The topological polar surface area (TPSA) is 93.1 Å². The minimum absolute atomic E-state index is 0.0175. The molecule has 40 heavy (non-hydrogen) atoms. The largest absolute Gasteiger partial charge is 0.377 e. The van der Waals surface area contributed by atoms with Crippen LogP contribution in [0.1, 0.15) is 75.8 Å². The van der Waals surface area contributed by atoms with Gasteiger partial charge in [-0.05, 0) is 119 Å². The van der Waals surface area contributed by atoms with Crippen molar-refractivity contribution in [2.45, 2.75) is 88.2 Å². The molecule has 1 spiro atoms. The summed E-state index contributed by atoms with van der Waals surface area (Å²) in [6.45, 7) is 6.02. The maximum atomic E-state index is 12.7. The molecule has 2 aromatic heterocycles. The lowest BCUT2D eigenvalue weighted by Crippen LogP contribution is -2.40. The smallest absolute Gasteiger partial charge is 0.252 e. The molecule has 0 amide bonds. The summed E-state index contributed by atoms with van der Waals surface area (Å²) in [4.78, 5) is 23.2. The fraction of sp³-hybridized carbons (Fsp3) is 0.581. The van der Waals surface area contributed by atoms with E-state index < -0.39 is 0 Å². The fourth-order valence-electron chi connectivity index (χ4n) is 6.80. The molecular formula is C31H42N6O2S. The van der Waals surface area contributed by atoms with Gasteiger partial charge < -0.3 is 15.4 Å². The summed E-state index contributed by atoms with van der Waals surface area (Å²) < 4.78 is 11.5. The van der Waals surface area contributed by atoms with Gasteiger partial charge in [-0.15, -0.1) is 0 Å². The Hall–Kier alpha value is -2.46. The van der Waals surface area contributed by atoms with E-state index in [1.807, 2.05) is 10.6 Å². The summed E-state index contributed by atoms with van der Waals surface area (Å²) in [5, 5.41) is 7.77. The van der Waals surface area contributed by atoms with Crippen molar-refractivity contribution in [3.05, 3.63) is 52.4 Å². The van der Waals surface area contributed by atoms with Gasteiger partial charge in [-0.25, -0.2) is 4.98 Å². The molecule has 0 atom stereocenters. The molecule has 0 radical (unpaired) electrons. The van der Waals surface area contributed by atoms with E-state index in [0.29, 0.717) is 23.1 Å². The summed E-state index contributed by atoms with van der Waals surface area (Å²) in [6, 6.07) is 10.0. The highest BCUT2D eigenvalue weighted by atomic mass is 32.2. The summed E-state index contributed by atoms with van der Waals surface area (Å²) in [5.41, 5.74) is 3.40. The molecule has 3 heterocycles. The monoisotopic (exact) mass is 562 g/mol. The van der Waals surface area contributed by atoms with Gasteiger partial charge in [0.25, 0.3) is 5.56 Å². The molecule has 1 aliphatic heterocycles. The van der Waals surface area contributed by atoms with Crippen molar-refractivity contribution in [2.24, 2.45) is 5.41 Å². The van der Waals surface area contributed by atoms with Crippen molar-refractivity contribution < 1.29 is 4.74 Å². The number of rotatable bonds is 9. The molecule has 1 saturated heterocycles.